The molecular weight excluding hydrogens is 415 g/mol. The molecule has 0 saturated carbocycles. The predicted molar refractivity (Wildman–Crippen MR) is 127 cm³/mol. The second kappa shape index (κ2) is 8.38. The van der Waals surface area contributed by atoms with E-state index in [9.17, 15) is 9.18 Å². The van der Waals surface area contributed by atoms with Crippen LogP contribution in [0.3, 0.4) is 0 Å². The quantitative estimate of drug-likeness (QED) is 0.504. The number of likely N-dealkylation sites (tertiary alicyclic amines) is 1. The van der Waals surface area contributed by atoms with Gasteiger partial charge in [0.2, 0.25) is 0 Å². The third kappa shape index (κ3) is 3.74. The summed E-state index contributed by atoms with van der Waals surface area (Å²) in [6.45, 7) is 5.73. The van der Waals surface area contributed by atoms with Crippen LogP contribution in [-0.2, 0) is 10.2 Å². The van der Waals surface area contributed by atoms with Crippen LogP contribution in [0.5, 0.6) is 0 Å². The molecule has 5 heteroatoms. The van der Waals surface area contributed by atoms with E-state index in [0.717, 1.165) is 19.0 Å². The van der Waals surface area contributed by atoms with Gasteiger partial charge in [-0.3, -0.25) is 4.79 Å². The van der Waals surface area contributed by atoms with E-state index in [1.165, 1.54) is 39.9 Å². The summed E-state index contributed by atoms with van der Waals surface area (Å²) in [7, 11) is 1.77. The van der Waals surface area contributed by atoms with Gasteiger partial charge in [0.05, 0.1) is 12.3 Å². The first-order chi connectivity index (χ1) is 15.9. The lowest BCUT2D eigenvalue weighted by Crippen LogP contribution is -2.34. The van der Waals surface area contributed by atoms with Gasteiger partial charge in [0.15, 0.2) is 0 Å². The molecule has 1 aliphatic carbocycles. The lowest BCUT2D eigenvalue weighted by atomic mass is 9.80. The van der Waals surface area contributed by atoms with E-state index in [0.29, 0.717) is 19.0 Å². The number of halogens is 1. The fourth-order valence-electron chi connectivity index (χ4n) is 5.62. The lowest BCUT2D eigenvalue weighted by molar-refractivity contribution is 0.0746. The predicted octanol–water partition coefficient (Wildman–Crippen LogP) is 5.89. The Labute approximate surface area is 194 Å². The number of rotatable bonds is 4. The zero-order valence-corrected chi connectivity index (χ0v) is 19.3. The normalized spacial score (nSPS) is 21.7. The fourth-order valence-corrected chi connectivity index (χ4v) is 5.62. The summed E-state index contributed by atoms with van der Waals surface area (Å²) in [5, 5.41) is 0. The van der Waals surface area contributed by atoms with E-state index in [-0.39, 0.29) is 23.1 Å². The molecule has 2 unspecified atom stereocenters. The molecule has 4 nitrogen and oxygen atoms in total. The van der Waals surface area contributed by atoms with E-state index >= 15 is 0 Å². The first-order valence-electron chi connectivity index (χ1n) is 11.6. The van der Waals surface area contributed by atoms with Crippen LogP contribution in [-0.4, -0.2) is 36.0 Å². The van der Waals surface area contributed by atoms with Gasteiger partial charge >= 0.3 is 0 Å². The standard InChI is InChI=1S/C28H29FN2O2/c1-18(2)21-6-4-5-7-22(21)19-8-10-24-23(14-19)26(33-3)15-28(24)12-13-31(17-28)27(32)25-11-9-20(29)16-30-25/h4-11,14,16,18,26H,12-13,15,17H2,1-3H3. The van der Waals surface area contributed by atoms with Gasteiger partial charge in [-0.25, -0.2) is 9.37 Å². The number of ether oxygens (including phenoxy) is 1. The maximum atomic E-state index is 13.2. The molecule has 33 heavy (non-hydrogen) atoms. The van der Waals surface area contributed by atoms with Crippen LogP contribution in [0, 0.1) is 5.82 Å². The minimum atomic E-state index is -0.438. The summed E-state index contributed by atoms with van der Waals surface area (Å²) in [5.74, 6) is -0.141. The van der Waals surface area contributed by atoms with Gasteiger partial charge in [-0.05, 0) is 64.8 Å². The van der Waals surface area contributed by atoms with Gasteiger partial charge in [0, 0.05) is 25.6 Å². The van der Waals surface area contributed by atoms with Crippen molar-refractivity contribution in [2.45, 2.75) is 44.1 Å². The van der Waals surface area contributed by atoms with Crippen LogP contribution in [0.15, 0.2) is 60.8 Å². The van der Waals surface area contributed by atoms with Gasteiger partial charge in [0.25, 0.3) is 5.91 Å². The van der Waals surface area contributed by atoms with Gasteiger partial charge in [-0.15, -0.1) is 0 Å². The smallest absolute Gasteiger partial charge is 0.272 e. The molecule has 170 valence electrons. The Balaban J connectivity index is 1.47. The number of hydrogen-bond acceptors (Lipinski definition) is 3. The molecular formula is C28H29FN2O2. The van der Waals surface area contributed by atoms with Gasteiger partial charge < -0.3 is 9.64 Å². The van der Waals surface area contributed by atoms with Crippen LogP contribution in [0.2, 0.25) is 0 Å². The topological polar surface area (TPSA) is 42.4 Å². The highest BCUT2D eigenvalue weighted by atomic mass is 19.1. The number of amides is 1. The van der Waals surface area contributed by atoms with Crippen molar-refractivity contribution in [3.8, 4) is 11.1 Å². The molecule has 0 bridgehead atoms. The summed E-state index contributed by atoms with van der Waals surface area (Å²) in [5.41, 5.74) is 6.47. The van der Waals surface area contributed by atoms with E-state index < -0.39 is 5.82 Å². The highest BCUT2D eigenvalue weighted by molar-refractivity contribution is 5.92. The van der Waals surface area contributed by atoms with Crippen molar-refractivity contribution in [2.75, 3.05) is 20.2 Å². The van der Waals surface area contributed by atoms with Crippen molar-refractivity contribution in [3.05, 3.63) is 89.0 Å². The Morgan fingerprint density at radius 3 is 2.73 bits per heavy atom. The number of carbonyl (C=O) groups excluding carboxylic acids is 1. The Morgan fingerprint density at radius 2 is 2.00 bits per heavy atom. The van der Waals surface area contributed by atoms with Crippen molar-refractivity contribution in [3.63, 3.8) is 0 Å². The zero-order valence-electron chi connectivity index (χ0n) is 19.3. The Hall–Kier alpha value is -3.05. The van der Waals surface area contributed by atoms with Crippen LogP contribution in [0.25, 0.3) is 11.1 Å². The molecule has 0 N–H and O–H groups in total. The number of fused-ring (bicyclic) bond motifs is 2. The summed E-state index contributed by atoms with van der Waals surface area (Å²) in [6.07, 6.45) is 2.84. The summed E-state index contributed by atoms with van der Waals surface area (Å²) in [6, 6.07) is 18.1. The van der Waals surface area contributed by atoms with Crippen LogP contribution in [0.1, 0.15) is 65.9 Å². The van der Waals surface area contributed by atoms with Crippen molar-refractivity contribution in [2.24, 2.45) is 0 Å². The second-order valence-corrected chi connectivity index (χ2v) is 9.59. The maximum Gasteiger partial charge on any atom is 0.272 e. The molecule has 1 aromatic heterocycles. The third-order valence-corrected chi connectivity index (χ3v) is 7.31. The summed E-state index contributed by atoms with van der Waals surface area (Å²) < 4.78 is 19.2. The second-order valence-electron chi connectivity index (χ2n) is 9.59. The first kappa shape index (κ1) is 21.8. The Morgan fingerprint density at radius 1 is 1.18 bits per heavy atom. The fraction of sp³-hybridized carbons (Fsp3) is 0.357. The molecule has 1 aliphatic heterocycles. The zero-order chi connectivity index (χ0) is 23.2. The number of hydrogen-bond donors (Lipinski definition) is 0. The lowest BCUT2D eigenvalue weighted by Gasteiger charge is -2.26. The Bertz CT molecular complexity index is 1190. The molecule has 5 rings (SSSR count). The van der Waals surface area contributed by atoms with Crippen LogP contribution in [0.4, 0.5) is 4.39 Å². The highest BCUT2D eigenvalue weighted by Gasteiger charge is 2.49. The average Bonchev–Trinajstić information content (AvgIpc) is 3.40. The minimum absolute atomic E-state index is 0.00478. The number of pyridine rings is 1. The SMILES string of the molecule is COC1CC2(CCN(C(=O)c3ccc(F)cn3)C2)c2ccc(-c3ccccc3C(C)C)cc21. The average molecular weight is 445 g/mol. The largest absolute Gasteiger partial charge is 0.377 e. The van der Waals surface area contributed by atoms with E-state index in [4.69, 9.17) is 4.74 Å². The summed E-state index contributed by atoms with van der Waals surface area (Å²) >= 11 is 0. The molecule has 1 amide bonds. The van der Waals surface area contributed by atoms with Gasteiger partial charge in [-0.1, -0.05) is 50.2 Å². The summed E-state index contributed by atoms with van der Waals surface area (Å²) in [4.78, 5) is 18.9. The molecule has 0 radical (unpaired) electrons. The van der Waals surface area contributed by atoms with Gasteiger partial charge in [-0.2, -0.15) is 0 Å². The van der Waals surface area contributed by atoms with E-state index in [1.54, 1.807) is 7.11 Å². The number of benzene rings is 2. The molecule has 1 saturated heterocycles. The number of methoxy groups -OCH3 is 1. The van der Waals surface area contributed by atoms with E-state index in [2.05, 4.69) is 61.3 Å². The monoisotopic (exact) mass is 444 g/mol. The van der Waals surface area contributed by atoms with Crippen molar-refractivity contribution >= 4 is 5.91 Å². The molecule has 2 aromatic carbocycles. The first-order valence-corrected chi connectivity index (χ1v) is 11.6. The number of carbonyl (C=O) groups is 1. The maximum absolute atomic E-state index is 13.2. The van der Waals surface area contributed by atoms with Crippen LogP contribution >= 0.6 is 0 Å². The molecule has 3 aromatic rings. The molecule has 2 heterocycles. The molecule has 2 atom stereocenters. The highest BCUT2D eigenvalue weighted by Crippen LogP contribution is 2.52. The van der Waals surface area contributed by atoms with Crippen LogP contribution < -0.4 is 0 Å². The van der Waals surface area contributed by atoms with Crippen molar-refractivity contribution < 1.29 is 13.9 Å². The number of aromatic nitrogens is 1. The van der Waals surface area contributed by atoms with Gasteiger partial charge in [0.1, 0.15) is 11.5 Å². The minimum Gasteiger partial charge on any atom is -0.377 e. The number of nitrogens with zero attached hydrogens (tertiary/aromatic N) is 2. The molecule has 1 spiro atoms. The third-order valence-electron chi connectivity index (χ3n) is 7.31. The Kier molecular flexibility index (Phi) is 5.53. The molecule has 1 fully saturated rings. The van der Waals surface area contributed by atoms with Crippen molar-refractivity contribution in [1.29, 1.82) is 0 Å². The van der Waals surface area contributed by atoms with E-state index in [1.807, 2.05) is 4.90 Å². The molecule has 2 aliphatic rings. The van der Waals surface area contributed by atoms with Crippen molar-refractivity contribution in [1.82, 2.24) is 9.88 Å².